The van der Waals surface area contributed by atoms with Crippen molar-refractivity contribution in [3.05, 3.63) is 41.3 Å². The fourth-order valence-corrected chi connectivity index (χ4v) is 5.59. The van der Waals surface area contributed by atoms with E-state index in [1.54, 1.807) is 11.1 Å². The molecule has 0 radical (unpaired) electrons. The van der Waals surface area contributed by atoms with Gasteiger partial charge in [-0.3, -0.25) is 4.98 Å². The Morgan fingerprint density at radius 1 is 1.24 bits per heavy atom. The van der Waals surface area contributed by atoms with E-state index in [0.29, 0.717) is 36.9 Å². The number of hydrogen-bond acceptors (Lipinski definition) is 6. The summed E-state index contributed by atoms with van der Waals surface area (Å²) < 4.78 is 50.4. The first-order valence-corrected chi connectivity index (χ1v) is 13.4. The molecule has 0 aliphatic carbocycles. The zero-order valence-corrected chi connectivity index (χ0v) is 21.0. The monoisotopic (exact) mass is 490 g/mol. The quantitative estimate of drug-likeness (QED) is 0.628. The van der Waals surface area contributed by atoms with Crippen LogP contribution in [0.15, 0.2) is 29.3 Å². The third-order valence-electron chi connectivity index (χ3n) is 6.38. The van der Waals surface area contributed by atoms with E-state index < -0.39 is 21.3 Å². The van der Waals surface area contributed by atoms with Crippen LogP contribution >= 0.6 is 0 Å². The van der Waals surface area contributed by atoms with Crippen molar-refractivity contribution in [2.45, 2.75) is 63.6 Å². The number of carbonyl (C=O) groups excluding carboxylic acids is 1. The van der Waals surface area contributed by atoms with Crippen molar-refractivity contribution in [1.82, 2.24) is 9.88 Å². The number of hydrogen-bond donors (Lipinski definition) is 0. The van der Waals surface area contributed by atoms with Crippen LogP contribution in [0.3, 0.4) is 0 Å². The van der Waals surface area contributed by atoms with Gasteiger partial charge in [0, 0.05) is 42.5 Å². The minimum atomic E-state index is -3.52. The van der Waals surface area contributed by atoms with Gasteiger partial charge in [-0.15, -0.1) is 0 Å². The summed E-state index contributed by atoms with van der Waals surface area (Å²) in [6.07, 6.45) is 4.70. The zero-order chi connectivity index (χ0) is 24.8. The molecule has 1 amide bonds. The molecule has 2 aromatic rings. The predicted octanol–water partition coefficient (Wildman–Crippen LogP) is 4.55. The molecule has 0 N–H and O–H groups in total. The highest BCUT2D eigenvalue weighted by Gasteiger charge is 2.35. The van der Waals surface area contributed by atoms with Gasteiger partial charge in [-0.05, 0) is 64.7 Å². The normalized spacial score (nSPS) is 19.0. The van der Waals surface area contributed by atoms with Crippen molar-refractivity contribution in [3.8, 4) is 17.0 Å². The Morgan fingerprint density at radius 3 is 2.53 bits per heavy atom. The molecule has 9 heteroatoms. The van der Waals surface area contributed by atoms with Gasteiger partial charge < -0.3 is 14.4 Å². The smallest absolute Gasteiger partial charge is 0.410 e. The molecule has 1 fully saturated rings. The molecule has 0 saturated carbocycles. The summed E-state index contributed by atoms with van der Waals surface area (Å²) in [6.45, 7) is 8.28. The van der Waals surface area contributed by atoms with E-state index >= 15 is 4.39 Å². The van der Waals surface area contributed by atoms with Gasteiger partial charge in [-0.2, -0.15) is 0 Å². The van der Waals surface area contributed by atoms with Crippen LogP contribution in [0.5, 0.6) is 5.75 Å². The number of benzene rings is 1. The van der Waals surface area contributed by atoms with E-state index in [4.69, 9.17) is 9.47 Å². The molecule has 7 nitrogen and oxygen atoms in total. The molecule has 1 aromatic carbocycles. The topological polar surface area (TPSA) is 85.8 Å². The molecule has 0 bridgehead atoms. The maximum atomic E-state index is 15.0. The molecule has 1 atom stereocenters. The second kappa shape index (κ2) is 8.83. The van der Waals surface area contributed by atoms with Gasteiger partial charge in [-0.1, -0.05) is 0 Å². The van der Waals surface area contributed by atoms with Crippen LogP contribution in [0.2, 0.25) is 0 Å². The van der Waals surface area contributed by atoms with Crippen molar-refractivity contribution in [2.75, 3.05) is 19.3 Å². The lowest BCUT2D eigenvalue weighted by atomic mass is 9.89. The van der Waals surface area contributed by atoms with E-state index in [2.05, 4.69) is 4.98 Å². The van der Waals surface area contributed by atoms with Crippen molar-refractivity contribution < 1.29 is 27.1 Å². The molecule has 34 heavy (non-hydrogen) atoms. The lowest BCUT2D eigenvalue weighted by Crippen LogP contribution is -2.44. The molecule has 1 unspecified atom stereocenters. The van der Waals surface area contributed by atoms with E-state index in [1.807, 2.05) is 26.8 Å². The highest BCUT2D eigenvalue weighted by molar-refractivity contribution is 7.90. The van der Waals surface area contributed by atoms with Gasteiger partial charge in [0.05, 0.1) is 16.8 Å². The van der Waals surface area contributed by atoms with Crippen molar-refractivity contribution in [3.63, 3.8) is 0 Å². The molecule has 2 aliphatic heterocycles. The van der Waals surface area contributed by atoms with Gasteiger partial charge in [0.25, 0.3) is 0 Å². The third kappa shape index (κ3) is 5.04. The molecule has 0 spiro atoms. The Kier molecular flexibility index (Phi) is 6.35. The average molecular weight is 491 g/mol. The average Bonchev–Trinajstić information content (AvgIpc) is 3.17. The molecule has 4 rings (SSSR count). The highest BCUT2D eigenvalue weighted by atomic mass is 32.2. The van der Waals surface area contributed by atoms with Crippen molar-refractivity contribution in [2.24, 2.45) is 5.92 Å². The number of carbonyl (C=O) groups is 1. The third-order valence-corrected chi connectivity index (χ3v) is 7.62. The Bertz CT molecular complexity index is 1210. The summed E-state index contributed by atoms with van der Waals surface area (Å²) in [6, 6.07) is 4.71. The van der Waals surface area contributed by atoms with Crippen LogP contribution in [-0.2, 0) is 21.0 Å². The lowest BCUT2D eigenvalue weighted by Gasteiger charge is -2.35. The van der Waals surface area contributed by atoms with Crippen LogP contribution in [0.1, 0.15) is 44.7 Å². The van der Waals surface area contributed by atoms with Gasteiger partial charge in [0.15, 0.2) is 9.84 Å². The number of likely N-dealkylation sites (tertiary alicyclic amines) is 1. The highest BCUT2D eigenvalue weighted by Crippen LogP contribution is 2.37. The van der Waals surface area contributed by atoms with Crippen LogP contribution in [0.4, 0.5) is 9.18 Å². The number of amides is 1. The van der Waals surface area contributed by atoms with Crippen LogP contribution in [-0.4, -0.2) is 55.4 Å². The Morgan fingerprint density at radius 2 is 1.91 bits per heavy atom. The minimum absolute atomic E-state index is 0.0176. The van der Waals surface area contributed by atoms with Gasteiger partial charge in [0.2, 0.25) is 0 Å². The summed E-state index contributed by atoms with van der Waals surface area (Å²) in [5.74, 6) is 0.399. The molecule has 2 aliphatic rings. The number of pyridine rings is 1. The number of nitrogens with zero attached hydrogens (tertiary/aromatic N) is 2. The maximum Gasteiger partial charge on any atom is 0.410 e. The van der Waals surface area contributed by atoms with Crippen LogP contribution in [0, 0.1) is 18.7 Å². The molecular weight excluding hydrogens is 459 g/mol. The number of ether oxygens (including phenoxy) is 2. The predicted molar refractivity (Wildman–Crippen MR) is 126 cm³/mol. The first-order chi connectivity index (χ1) is 15.8. The van der Waals surface area contributed by atoms with E-state index in [0.717, 1.165) is 24.7 Å². The van der Waals surface area contributed by atoms with E-state index in [9.17, 15) is 13.2 Å². The summed E-state index contributed by atoms with van der Waals surface area (Å²) in [5, 5.41) is 0. The molecule has 1 aromatic heterocycles. The fraction of sp³-hybridized carbons (Fsp3) is 0.520. The van der Waals surface area contributed by atoms with Crippen molar-refractivity contribution in [1.29, 1.82) is 0 Å². The molecule has 3 heterocycles. The van der Waals surface area contributed by atoms with Gasteiger partial charge >= 0.3 is 6.09 Å². The van der Waals surface area contributed by atoms with Crippen molar-refractivity contribution >= 4 is 15.9 Å². The fourth-order valence-electron chi connectivity index (χ4n) is 4.63. The Labute approximate surface area is 200 Å². The van der Waals surface area contributed by atoms with Crippen LogP contribution < -0.4 is 4.74 Å². The molecule has 184 valence electrons. The molecular formula is C25H31FN2O5S. The Hall–Kier alpha value is -2.68. The standard InChI is InChI=1S/C25H31FN2O5S/c1-15-22(34(5,30)31)7-6-18(23(15)26)19-12-17-13-20(32-21(17)14-27-19)16-8-10-28(11-9-16)24(29)33-25(2,3)4/h6-7,12,14,16,20H,8-11,13H2,1-5H3. The van der Waals surface area contributed by atoms with E-state index in [1.165, 1.54) is 19.1 Å². The number of piperidine rings is 1. The second-order valence-electron chi connectivity index (χ2n) is 10.2. The SMILES string of the molecule is Cc1c(S(C)(=O)=O)ccc(-c2cc3c(cn2)OC(C2CCN(C(=O)OC(C)(C)C)CC2)C3)c1F. The van der Waals surface area contributed by atoms with Crippen LogP contribution in [0.25, 0.3) is 11.3 Å². The van der Waals surface area contributed by atoms with E-state index in [-0.39, 0.29) is 28.2 Å². The van der Waals surface area contributed by atoms with Gasteiger partial charge in [-0.25, -0.2) is 17.6 Å². The summed E-state index contributed by atoms with van der Waals surface area (Å²) in [7, 11) is -3.52. The number of sulfone groups is 1. The first kappa shape index (κ1) is 24.4. The second-order valence-corrected chi connectivity index (χ2v) is 12.1. The minimum Gasteiger partial charge on any atom is -0.488 e. The number of halogens is 1. The number of rotatable bonds is 3. The largest absolute Gasteiger partial charge is 0.488 e. The number of fused-ring (bicyclic) bond motifs is 1. The zero-order valence-electron chi connectivity index (χ0n) is 20.2. The molecule has 1 saturated heterocycles. The first-order valence-electron chi connectivity index (χ1n) is 11.5. The maximum absolute atomic E-state index is 15.0. The lowest BCUT2D eigenvalue weighted by molar-refractivity contribution is 0.0123. The summed E-state index contributed by atoms with van der Waals surface area (Å²) in [4.78, 5) is 18.4. The summed E-state index contributed by atoms with van der Waals surface area (Å²) >= 11 is 0. The Balaban J connectivity index is 1.45. The summed E-state index contributed by atoms with van der Waals surface area (Å²) in [5.41, 5.74) is 1.24. The van der Waals surface area contributed by atoms with Gasteiger partial charge in [0.1, 0.15) is 23.3 Å². The number of aromatic nitrogens is 1.